The zero-order chi connectivity index (χ0) is 16.9. The first-order valence-corrected chi connectivity index (χ1v) is 8.39. The molecule has 1 saturated heterocycles. The Morgan fingerprint density at radius 1 is 1.38 bits per heavy atom. The molecule has 0 bridgehead atoms. The number of hydrogen-bond acceptors (Lipinski definition) is 3. The molecule has 0 saturated carbocycles. The minimum Gasteiger partial charge on any atom is -0.356 e. The van der Waals surface area contributed by atoms with E-state index in [1.54, 1.807) is 4.90 Å². The van der Waals surface area contributed by atoms with Crippen molar-refractivity contribution in [1.29, 1.82) is 0 Å². The molecule has 1 aromatic carbocycles. The van der Waals surface area contributed by atoms with Crippen molar-refractivity contribution in [2.45, 2.75) is 25.7 Å². The zero-order valence-corrected chi connectivity index (χ0v) is 13.6. The minimum absolute atomic E-state index is 0.00514. The van der Waals surface area contributed by atoms with Crippen molar-refractivity contribution >= 4 is 23.0 Å². The van der Waals surface area contributed by atoms with E-state index in [1.165, 1.54) is 0 Å². The number of para-hydroxylation sites is 2. The van der Waals surface area contributed by atoms with Crippen molar-refractivity contribution in [3.8, 4) is 0 Å². The maximum absolute atomic E-state index is 12.2. The second kappa shape index (κ2) is 7.33. The molecule has 1 fully saturated rings. The number of carbonyl (C=O) groups excluding carboxylic acids is 2. The molecule has 1 aromatic heterocycles. The van der Waals surface area contributed by atoms with Crippen molar-refractivity contribution in [3.05, 3.63) is 30.1 Å². The number of benzene rings is 1. The summed E-state index contributed by atoms with van der Waals surface area (Å²) in [6, 6.07) is 7.47. The number of likely N-dealkylation sites (tertiary alicyclic amines) is 1. The van der Waals surface area contributed by atoms with Gasteiger partial charge < -0.3 is 20.9 Å². The van der Waals surface area contributed by atoms with E-state index in [4.69, 9.17) is 5.73 Å². The van der Waals surface area contributed by atoms with E-state index in [1.807, 2.05) is 24.3 Å². The van der Waals surface area contributed by atoms with Gasteiger partial charge in [-0.2, -0.15) is 0 Å². The van der Waals surface area contributed by atoms with Crippen LogP contribution in [0.15, 0.2) is 24.3 Å². The van der Waals surface area contributed by atoms with Gasteiger partial charge >= 0.3 is 6.03 Å². The van der Waals surface area contributed by atoms with Crippen LogP contribution in [0.1, 0.15) is 25.1 Å². The van der Waals surface area contributed by atoms with E-state index in [9.17, 15) is 9.59 Å². The van der Waals surface area contributed by atoms with Crippen molar-refractivity contribution < 1.29 is 9.59 Å². The fraction of sp³-hybridized carbons (Fsp3) is 0.471. The maximum Gasteiger partial charge on any atom is 0.314 e. The number of urea groups is 1. The monoisotopic (exact) mass is 329 g/mol. The van der Waals surface area contributed by atoms with Crippen LogP contribution in [0.4, 0.5) is 4.79 Å². The third-order valence-corrected chi connectivity index (χ3v) is 4.43. The van der Waals surface area contributed by atoms with Crippen LogP contribution in [-0.2, 0) is 11.2 Å². The molecule has 0 radical (unpaired) electrons. The molecular formula is C17H23N5O2. The van der Waals surface area contributed by atoms with Gasteiger partial charge in [-0.05, 0) is 31.4 Å². The molecule has 128 valence electrons. The summed E-state index contributed by atoms with van der Waals surface area (Å²) < 4.78 is 0. The van der Waals surface area contributed by atoms with Gasteiger partial charge in [-0.25, -0.2) is 9.78 Å². The predicted molar refractivity (Wildman–Crippen MR) is 91.3 cm³/mol. The number of nitrogens with two attached hydrogens (primary N) is 1. The molecule has 24 heavy (non-hydrogen) atoms. The molecule has 4 N–H and O–H groups in total. The van der Waals surface area contributed by atoms with Gasteiger partial charge in [0.15, 0.2) is 0 Å². The predicted octanol–water partition coefficient (Wildman–Crippen LogP) is 1.40. The number of nitrogens with zero attached hydrogens (tertiary/aromatic N) is 2. The molecule has 2 aromatic rings. The lowest BCUT2D eigenvalue weighted by molar-refractivity contribution is -0.126. The summed E-state index contributed by atoms with van der Waals surface area (Å²) in [5.74, 6) is 0.783. The number of aryl methyl sites for hydroxylation is 1. The normalized spacial score (nSPS) is 17.8. The Bertz CT molecular complexity index is 694. The Morgan fingerprint density at radius 3 is 3.00 bits per heavy atom. The Morgan fingerprint density at radius 2 is 2.21 bits per heavy atom. The fourth-order valence-electron chi connectivity index (χ4n) is 3.13. The second-order valence-corrected chi connectivity index (χ2v) is 6.22. The molecule has 1 aliphatic rings. The van der Waals surface area contributed by atoms with Crippen LogP contribution in [-0.4, -0.2) is 46.4 Å². The third kappa shape index (κ3) is 3.84. The average molecular weight is 329 g/mol. The number of H-pyrrole nitrogens is 1. The number of imidazole rings is 1. The van der Waals surface area contributed by atoms with Crippen LogP contribution in [0, 0.1) is 5.92 Å². The second-order valence-electron chi connectivity index (χ2n) is 6.22. The summed E-state index contributed by atoms with van der Waals surface area (Å²) in [7, 11) is 0. The molecule has 7 nitrogen and oxygen atoms in total. The Labute approximate surface area is 140 Å². The molecule has 2 heterocycles. The highest BCUT2D eigenvalue weighted by molar-refractivity contribution is 5.80. The highest BCUT2D eigenvalue weighted by Gasteiger charge is 2.27. The van der Waals surface area contributed by atoms with Crippen molar-refractivity contribution in [3.63, 3.8) is 0 Å². The summed E-state index contributed by atoms with van der Waals surface area (Å²) in [6.07, 6.45) is 3.23. The summed E-state index contributed by atoms with van der Waals surface area (Å²) >= 11 is 0. The Hall–Kier alpha value is -2.57. The molecular weight excluding hydrogens is 306 g/mol. The number of carbonyl (C=O) groups is 2. The first-order chi connectivity index (χ1) is 11.6. The number of aromatic amines is 1. The summed E-state index contributed by atoms with van der Waals surface area (Å²) in [5.41, 5.74) is 7.29. The van der Waals surface area contributed by atoms with E-state index in [0.29, 0.717) is 19.6 Å². The smallest absolute Gasteiger partial charge is 0.314 e. The molecule has 0 spiro atoms. The van der Waals surface area contributed by atoms with Crippen LogP contribution < -0.4 is 11.1 Å². The zero-order valence-electron chi connectivity index (χ0n) is 13.6. The molecule has 1 aliphatic heterocycles. The van der Waals surface area contributed by atoms with Crippen LogP contribution in [0.3, 0.4) is 0 Å². The number of piperidine rings is 1. The van der Waals surface area contributed by atoms with Crippen molar-refractivity contribution in [2.24, 2.45) is 11.7 Å². The summed E-state index contributed by atoms with van der Waals surface area (Å²) in [5, 5.41) is 2.96. The number of nitrogens with one attached hydrogen (secondary N) is 2. The lowest BCUT2D eigenvalue weighted by Crippen LogP contribution is -2.47. The summed E-state index contributed by atoms with van der Waals surface area (Å²) in [6.45, 7) is 1.67. The van der Waals surface area contributed by atoms with Crippen LogP contribution in [0.5, 0.6) is 0 Å². The minimum atomic E-state index is -0.447. The third-order valence-electron chi connectivity index (χ3n) is 4.43. The van der Waals surface area contributed by atoms with Gasteiger partial charge in [-0.15, -0.1) is 0 Å². The van der Waals surface area contributed by atoms with Gasteiger partial charge in [-0.3, -0.25) is 4.79 Å². The average Bonchev–Trinajstić information content (AvgIpc) is 3.01. The molecule has 3 amide bonds. The van der Waals surface area contributed by atoms with Gasteiger partial charge in [0.2, 0.25) is 5.91 Å². The lowest BCUT2D eigenvalue weighted by Gasteiger charge is -2.30. The van der Waals surface area contributed by atoms with Crippen LogP contribution >= 0.6 is 0 Å². The van der Waals surface area contributed by atoms with Crippen molar-refractivity contribution in [1.82, 2.24) is 20.2 Å². The molecule has 1 atom stereocenters. The van der Waals surface area contributed by atoms with Crippen molar-refractivity contribution in [2.75, 3.05) is 19.6 Å². The van der Waals surface area contributed by atoms with Gasteiger partial charge in [0, 0.05) is 26.1 Å². The SMILES string of the molecule is NC(=O)N1CCC[C@@H](C(=O)NCCCc2nc3ccccc3[nH]2)C1. The topological polar surface area (TPSA) is 104 Å². The van der Waals surface area contributed by atoms with E-state index in [-0.39, 0.29) is 11.8 Å². The van der Waals surface area contributed by atoms with Crippen LogP contribution in [0.25, 0.3) is 11.0 Å². The number of rotatable bonds is 5. The first-order valence-electron chi connectivity index (χ1n) is 8.39. The van der Waals surface area contributed by atoms with Gasteiger partial charge in [0.05, 0.1) is 17.0 Å². The van der Waals surface area contributed by atoms with E-state index < -0.39 is 6.03 Å². The summed E-state index contributed by atoms with van der Waals surface area (Å²) in [4.78, 5) is 32.8. The molecule has 0 unspecified atom stereocenters. The Kier molecular flexibility index (Phi) is 4.98. The highest BCUT2D eigenvalue weighted by Crippen LogP contribution is 2.16. The molecule has 3 rings (SSSR count). The van der Waals surface area contributed by atoms with Gasteiger partial charge in [-0.1, -0.05) is 12.1 Å². The standard InChI is InChI=1S/C17H23N5O2/c18-17(24)22-10-4-5-12(11-22)16(23)19-9-3-8-15-20-13-6-1-2-7-14(13)21-15/h1-2,6-7,12H,3-5,8-11H2,(H2,18,24)(H,19,23)(H,20,21)/t12-/m1/s1. The number of amides is 3. The first kappa shape index (κ1) is 16.3. The fourth-order valence-corrected chi connectivity index (χ4v) is 3.13. The number of hydrogen-bond donors (Lipinski definition) is 3. The number of primary amides is 1. The maximum atomic E-state index is 12.2. The van der Waals surface area contributed by atoms with Gasteiger partial charge in [0.25, 0.3) is 0 Å². The van der Waals surface area contributed by atoms with Crippen LogP contribution in [0.2, 0.25) is 0 Å². The number of aromatic nitrogens is 2. The quantitative estimate of drug-likeness (QED) is 0.722. The van der Waals surface area contributed by atoms with E-state index in [2.05, 4.69) is 15.3 Å². The lowest BCUT2D eigenvalue weighted by atomic mass is 9.97. The van der Waals surface area contributed by atoms with E-state index in [0.717, 1.165) is 42.5 Å². The molecule has 7 heteroatoms. The van der Waals surface area contributed by atoms with E-state index >= 15 is 0 Å². The largest absolute Gasteiger partial charge is 0.356 e. The Balaban J connectivity index is 1.42. The highest BCUT2D eigenvalue weighted by atomic mass is 16.2. The van der Waals surface area contributed by atoms with Gasteiger partial charge in [0.1, 0.15) is 5.82 Å². The number of fused-ring (bicyclic) bond motifs is 1. The molecule has 0 aliphatic carbocycles.